The molecule has 34 heavy (non-hydrogen) atoms. The summed E-state index contributed by atoms with van der Waals surface area (Å²) in [5.74, 6) is -0.346. The second-order valence-corrected chi connectivity index (χ2v) is 9.62. The molecule has 0 radical (unpaired) electrons. The van der Waals surface area contributed by atoms with Crippen LogP contribution in [0.25, 0.3) is 11.0 Å². The molecule has 0 atom stereocenters. The highest BCUT2D eigenvalue weighted by Gasteiger charge is 2.32. The van der Waals surface area contributed by atoms with Crippen molar-refractivity contribution in [1.82, 2.24) is 19.3 Å². The monoisotopic (exact) mass is 467 g/mol. The summed E-state index contributed by atoms with van der Waals surface area (Å²) >= 11 is 0. The number of rotatable bonds is 8. The molecule has 0 unspecified atom stereocenters. The predicted molar refractivity (Wildman–Crippen MR) is 131 cm³/mol. The average Bonchev–Trinajstić information content (AvgIpc) is 3.28. The van der Waals surface area contributed by atoms with Crippen molar-refractivity contribution in [2.75, 3.05) is 37.0 Å². The molecule has 182 valence electrons. The van der Waals surface area contributed by atoms with E-state index in [1.54, 1.807) is 23.9 Å². The van der Waals surface area contributed by atoms with Gasteiger partial charge in [-0.25, -0.2) is 4.98 Å². The fourth-order valence-electron chi connectivity index (χ4n) is 4.69. The van der Waals surface area contributed by atoms with Gasteiger partial charge in [0.15, 0.2) is 0 Å². The lowest BCUT2D eigenvalue weighted by Crippen LogP contribution is -2.36. The van der Waals surface area contributed by atoms with Gasteiger partial charge < -0.3 is 19.9 Å². The maximum absolute atomic E-state index is 13.2. The van der Waals surface area contributed by atoms with Crippen LogP contribution in [0, 0.1) is 12.3 Å². The third-order valence-corrected chi connectivity index (χ3v) is 6.09. The van der Waals surface area contributed by atoms with Crippen LogP contribution in [0.5, 0.6) is 0 Å². The van der Waals surface area contributed by atoms with Crippen molar-refractivity contribution < 1.29 is 14.3 Å². The number of imidazole rings is 1. The Morgan fingerprint density at radius 1 is 1.24 bits per heavy atom. The van der Waals surface area contributed by atoms with Crippen LogP contribution >= 0.6 is 0 Å². The molecule has 4 rings (SSSR count). The van der Waals surface area contributed by atoms with E-state index in [9.17, 15) is 9.59 Å². The molecule has 2 amide bonds. The number of methoxy groups -OCH3 is 1. The lowest BCUT2D eigenvalue weighted by Gasteiger charge is -2.32. The van der Waals surface area contributed by atoms with E-state index in [1.807, 2.05) is 24.5 Å². The zero-order valence-corrected chi connectivity index (χ0v) is 20.5. The van der Waals surface area contributed by atoms with Gasteiger partial charge in [-0.15, -0.1) is 0 Å². The van der Waals surface area contributed by atoms with E-state index in [0.29, 0.717) is 42.4 Å². The number of aromatic nitrogens is 4. The minimum absolute atomic E-state index is 0.131. The summed E-state index contributed by atoms with van der Waals surface area (Å²) in [5, 5.41) is 7.37. The minimum Gasteiger partial charge on any atom is -0.385 e. The maximum atomic E-state index is 13.2. The van der Waals surface area contributed by atoms with Crippen LogP contribution < -0.4 is 16.0 Å². The van der Waals surface area contributed by atoms with E-state index in [2.05, 4.69) is 29.2 Å². The number of benzene rings is 1. The maximum Gasteiger partial charge on any atom is 0.276 e. The number of hydrogen-bond acceptors (Lipinski definition) is 6. The standard InChI is InChI=1S/C24H33N7O3/c1-6-31-19(10-15(2)28-31)22(33)27-23-26-17-11-16(21(25)32)12-18-20(17)30(23)14-24(3,4)13-29(18)8-7-9-34-5/h10-12H,6-9,13-14H2,1-5H3,(H2,25,32)(H,26,27,33). The number of amides is 2. The van der Waals surface area contributed by atoms with Crippen molar-refractivity contribution in [2.24, 2.45) is 11.1 Å². The fourth-order valence-corrected chi connectivity index (χ4v) is 4.69. The number of carbonyl (C=O) groups excluding carboxylic acids is 2. The van der Waals surface area contributed by atoms with E-state index in [4.69, 9.17) is 15.5 Å². The molecule has 0 aliphatic carbocycles. The van der Waals surface area contributed by atoms with Gasteiger partial charge in [0.05, 0.1) is 22.4 Å². The fraction of sp³-hybridized carbons (Fsp3) is 0.500. The van der Waals surface area contributed by atoms with E-state index in [-0.39, 0.29) is 11.3 Å². The van der Waals surface area contributed by atoms with E-state index in [0.717, 1.165) is 36.4 Å². The summed E-state index contributed by atoms with van der Waals surface area (Å²) < 4.78 is 8.98. The molecule has 2 aromatic heterocycles. The van der Waals surface area contributed by atoms with Gasteiger partial charge in [0, 0.05) is 50.9 Å². The number of nitrogens with zero attached hydrogens (tertiary/aromatic N) is 5. The van der Waals surface area contributed by atoms with Crippen LogP contribution in [0.2, 0.25) is 0 Å². The van der Waals surface area contributed by atoms with Crippen molar-refractivity contribution in [2.45, 2.75) is 47.2 Å². The van der Waals surface area contributed by atoms with Crippen LogP contribution in [-0.2, 0) is 17.8 Å². The molecule has 3 aromatic rings. The first kappa shape index (κ1) is 23.7. The Labute approximate surface area is 199 Å². The zero-order chi connectivity index (χ0) is 24.6. The van der Waals surface area contributed by atoms with Crippen LogP contribution in [0.3, 0.4) is 0 Å². The first-order valence-electron chi connectivity index (χ1n) is 11.6. The van der Waals surface area contributed by atoms with E-state index in [1.165, 1.54) is 0 Å². The second kappa shape index (κ2) is 9.09. The molecule has 10 heteroatoms. The summed E-state index contributed by atoms with van der Waals surface area (Å²) in [5.41, 5.74) is 9.55. The Balaban J connectivity index is 1.83. The van der Waals surface area contributed by atoms with E-state index < -0.39 is 5.91 Å². The van der Waals surface area contributed by atoms with Crippen molar-refractivity contribution >= 4 is 34.5 Å². The Kier molecular flexibility index (Phi) is 6.35. The van der Waals surface area contributed by atoms with Crippen LogP contribution in [-0.4, -0.2) is 58.0 Å². The molecule has 3 N–H and O–H groups in total. The van der Waals surface area contributed by atoms with Gasteiger partial charge in [-0.1, -0.05) is 13.8 Å². The van der Waals surface area contributed by atoms with Gasteiger partial charge in [-0.2, -0.15) is 5.10 Å². The molecular weight excluding hydrogens is 434 g/mol. The zero-order valence-electron chi connectivity index (χ0n) is 20.5. The van der Waals surface area contributed by atoms with Crippen molar-refractivity contribution in [3.05, 3.63) is 35.2 Å². The van der Waals surface area contributed by atoms with Crippen LogP contribution in [0.4, 0.5) is 11.6 Å². The lowest BCUT2D eigenvalue weighted by molar-refractivity contribution is 0.0996. The molecule has 0 fully saturated rings. The van der Waals surface area contributed by atoms with Gasteiger partial charge in [0.2, 0.25) is 11.9 Å². The topological polar surface area (TPSA) is 120 Å². The molecular formula is C24H33N7O3. The highest BCUT2D eigenvalue weighted by atomic mass is 16.5. The number of aryl methyl sites for hydroxylation is 2. The van der Waals surface area contributed by atoms with Gasteiger partial charge in [0.25, 0.3) is 5.91 Å². The van der Waals surface area contributed by atoms with Gasteiger partial charge in [-0.05, 0) is 38.5 Å². The average molecular weight is 468 g/mol. The normalized spacial score (nSPS) is 14.9. The molecule has 0 saturated heterocycles. The molecule has 1 aliphatic rings. The molecule has 0 spiro atoms. The second-order valence-electron chi connectivity index (χ2n) is 9.62. The number of carbonyl (C=O) groups is 2. The largest absolute Gasteiger partial charge is 0.385 e. The first-order chi connectivity index (χ1) is 16.1. The molecule has 1 aliphatic heterocycles. The number of nitrogens with one attached hydrogen (secondary N) is 1. The highest BCUT2D eigenvalue weighted by molar-refractivity contribution is 6.05. The van der Waals surface area contributed by atoms with Gasteiger partial charge in [-0.3, -0.25) is 19.6 Å². The SMILES string of the molecule is CCn1nc(C)cc1C(=O)Nc1nc2cc(C(N)=O)cc3c2n1CC(C)(C)CN3CCCOC. The molecule has 10 nitrogen and oxygen atoms in total. The summed E-state index contributed by atoms with van der Waals surface area (Å²) in [7, 11) is 1.69. The lowest BCUT2D eigenvalue weighted by atomic mass is 9.92. The van der Waals surface area contributed by atoms with Crippen molar-refractivity contribution in [1.29, 1.82) is 0 Å². The predicted octanol–water partition coefficient (Wildman–Crippen LogP) is 2.80. The first-order valence-corrected chi connectivity index (χ1v) is 11.6. The Hall–Kier alpha value is -3.40. The Bertz CT molecular complexity index is 1240. The smallest absolute Gasteiger partial charge is 0.276 e. The summed E-state index contributed by atoms with van der Waals surface area (Å²) in [6, 6.07) is 5.29. The van der Waals surface area contributed by atoms with E-state index >= 15 is 0 Å². The number of anilines is 2. The highest BCUT2D eigenvalue weighted by Crippen LogP contribution is 2.38. The number of primary amides is 1. The summed E-state index contributed by atoms with van der Waals surface area (Å²) in [6.45, 7) is 11.6. The molecule has 1 aromatic carbocycles. The molecule has 0 bridgehead atoms. The number of ether oxygens (including phenoxy) is 1. The minimum atomic E-state index is -0.513. The number of hydrogen-bond donors (Lipinski definition) is 2. The quantitative estimate of drug-likeness (QED) is 0.492. The van der Waals surface area contributed by atoms with Crippen molar-refractivity contribution in [3.63, 3.8) is 0 Å². The van der Waals surface area contributed by atoms with Gasteiger partial charge >= 0.3 is 0 Å². The van der Waals surface area contributed by atoms with Crippen molar-refractivity contribution in [3.8, 4) is 0 Å². The summed E-state index contributed by atoms with van der Waals surface area (Å²) in [6.07, 6.45) is 0.840. The Morgan fingerprint density at radius 3 is 2.68 bits per heavy atom. The summed E-state index contributed by atoms with van der Waals surface area (Å²) in [4.78, 5) is 32.3. The third kappa shape index (κ3) is 4.50. The van der Waals surface area contributed by atoms with Gasteiger partial charge in [0.1, 0.15) is 5.69 Å². The molecule has 0 saturated carbocycles. The Morgan fingerprint density at radius 2 is 2.00 bits per heavy atom. The molecule has 3 heterocycles. The van der Waals surface area contributed by atoms with Crippen LogP contribution in [0.1, 0.15) is 53.7 Å². The van der Waals surface area contributed by atoms with Crippen LogP contribution in [0.15, 0.2) is 18.2 Å². The third-order valence-electron chi connectivity index (χ3n) is 6.09. The number of nitrogens with two attached hydrogens (primary N) is 1.